The van der Waals surface area contributed by atoms with Gasteiger partial charge >= 0.3 is 0 Å². The molecule has 1 unspecified atom stereocenters. The van der Waals surface area contributed by atoms with Gasteiger partial charge in [0.1, 0.15) is 11.3 Å². The average molecular weight is 273 g/mol. The van der Waals surface area contributed by atoms with Gasteiger partial charge in [0, 0.05) is 11.9 Å². The lowest BCUT2D eigenvalue weighted by molar-refractivity contribution is 0.226. The highest BCUT2D eigenvalue weighted by Crippen LogP contribution is 2.30. The van der Waals surface area contributed by atoms with Crippen LogP contribution in [0.3, 0.4) is 0 Å². The zero-order chi connectivity index (χ0) is 14.9. The maximum Gasteiger partial charge on any atom is 0.134 e. The predicted molar refractivity (Wildman–Crippen MR) is 86.0 cm³/mol. The van der Waals surface area contributed by atoms with E-state index >= 15 is 0 Å². The van der Waals surface area contributed by atoms with Crippen LogP contribution < -0.4 is 5.32 Å². The normalized spacial score (nSPS) is 14.2. The first kappa shape index (κ1) is 15.1. The first-order valence-corrected chi connectivity index (χ1v) is 7.54. The van der Waals surface area contributed by atoms with Gasteiger partial charge in [-0.2, -0.15) is 0 Å². The molecule has 110 valence electrons. The van der Waals surface area contributed by atoms with Gasteiger partial charge in [-0.3, -0.25) is 0 Å². The van der Waals surface area contributed by atoms with Crippen molar-refractivity contribution in [3.8, 4) is 0 Å². The molecule has 1 atom stereocenters. The molecular weight excluding hydrogens is 246 g/mol. The van der Waals surface area contributed by atoms with E-state index in [-0.39, 0.29) is 11.5 Å². The molecule has 1 aromatic heterocycles. The van der Waals surface area contributed by atoms with Gasteiger partial charge in [-0.15, -0.1) is 0 Å². The Balaban J connectivity index is 2.16. The van der Waals surface area contributed by atoms with E-state index in [2.05, 4.69) is 59.0 Å². The number of rotatable bonds is 5. The summed E-state index contributed by atoms with van der Waals surface area (Å²) in [4.78, 5) is 0. The summed E-state index contributed by atoms with van der Waals surface area (Å²) in [7, 11) is 0. The zero-order valence-electron chi connectivity index (χ0n) is 13.6. The van der Waals surface area contributed by atoms with Crippen LogP contribution in [0.2, 0.25) is 0 Å². The summed E-state index contributed by atoms with van der Waals surface area (Å²) >= 11 is 0. The van der Waals surface area contributed by atoms with Crippen molar-refractivity contribution in [3.63, 3.8) is 0 Å². The number of hydrogen-bond acceptors (Lipinski definition) is 2. The second-order valence-corrected chi connectivity index (χ2v) is 6.83. The Kier molecular flexibility index (Phi) is 4.24. The number of nitrogens with one attached hydrogen (secondary N) is 1. The molecule has 0 radical (unpaired) electrons. The number of furan rings is 1. The number of fused-ring (bicyclic) bond motifs is 1. The van der Waals surface area contributed by atoms with Crippen LogP contribution in [0.5, 0.6) is 0 Å². The second kappa shape index (κ2) is 5.61. The third-order valence-corrected chi connectivity index (χ3v) is 4.70. The first-order chi connectivity index (χ1) is 9.33. The van der Waals surface area contributed by atoms with Gasteiger partial charge in [-0.05, 0) is 36.8 Å². The summed E-state index contributed by atoms with van der Waals surface area (Å²) in [6.45, 7) is 14.5. The summed E-state index contributed by atoms with van der Waals surface area (Å²) in [5, 5.41) is 4.85. The highest BCUT2D eigenvalue weighted by molar-refractivity contribution is 5.82. The molecule has 2 rings (SSSR count). The summed E-state index contributed by atoms with van der Waals surface area (Å²) in [6.07, 6.45) is 0. The summed E-state index contributed by atoms with van der Waals surface area (Å²) in [6, 6.07) is 8.49. The van der Waals surface area contributed by atoms with Gasteiger partial charge in [-0.25, -0.2) is 0 Å². The van der Waals surface area contributed by atoms with Crippen LogP contribution in [0.1, 0.15) is 52.0 Å². The van der Waals surface area contributed by atoms with Crippen LogP contribution in [0.15, 0.2) is 28.7 Å². The quantitative estimate of drug-likeness (QED) is 0.822. The maximum absolute atomic E-state index is 6.02. The predicted octanol–water partition coefficient (Wildman–Crippen LogP) is 5.07. The zero-order valence-corrected chi connectivity index (χ0v) is 13.6. The molecule has 0 saturated heterocycles. The van der Waals surface area contributed by atoms with Gasteiger partial charge in [0.15, 0.2) is 0 Å². The van der Waals surface area contributed by atoms with Crippen molar-refractivity contribution >= 4 is 11.0 Å². The van der Waals surface area contributed by atoms with Gasteiger partial charge in [0.2, 0.25) is 0 Å². The highest BCUT2D eigenvalue weighted by Gasteiger charge is 2.24. The lowest BCUT2D eigenvalue weighted by atomic mass is 9.81. The third-order valence-electron chi connectivity index (χ3n) is 4.70. The van der Waals surface area contributed by atoms with Crippen molar-refractivity contribution in [2.75, 3.05) is 6.54 Å². The summed E-state index contributed by atoms with van der Waals surface area (Å²) < 4.78 is 6.02. The van der Waals surface area contributed by atoms with Crippen molar-refractivity contribution in [2.45, 2.75) is 47.6 Å². The van der Waals surface area contributed by atoms with Gasteiger partial charge < -0.3 is 9.73 Å². The lowest BCUT2D eigenvalue weighted by Gasteiger charge is -2.30. The van der Waals surface area contributed by atoms with Gasteiger partial charge in [-0.1, -0.05) is 45.9 Å². The molecule has 2 aromatic rings. The fourth-order valence-corrected chi connectivity index (χ4v) is 2.32. The number of aryl methyl sites for hydroxylation is 1. The smallest absolute Gasteiger partial charge is 0.134 e. The van der Waals surface area contributed by atoms with Crippen molar-refractivity contribution < 1.29 is 4.42 Å². The number of benzene rings is 1. The molecule has 0 fully saturated rings. The van der Waals surface area contributed by atoms with E-state index in [0.29, 0.717) is 5.92 Å². The lowest BCUT2D eigenvalue weighted by Crippen LogP contribution is -2.34. The van der Waals surface area contributed by atoms with Crippen LogP contribution in [-0.4, -0.2) is 6.54 Å². The minimum Gasteiger partial charge on any atom is -0.459 e. The molecule has 1 N–H and O–H groups in total. The standard InChI is InChI=1S/C18H27NO/c1-12(2)18(5,6)11-19-14(4)17-13(3)15-9-7-8-10-16(15)20-17/h7-10,12,14,19H,11H2,1-6H3. The molecule has 0 aliphatic carbocycles. The summed E-state index contributed by atoms with van der Waals surface area (Å²) in [5.74, 6) is 1.71. The van der Waals surface area contributed by atoms with Crippen LogP contribution in [0.25, 0.3) is 11.0 Å². The van der Waals surface area contributed by atoms with E-state index in [0.717, 1.165) is 17.9 Å². The van der Waals surface area contributed by atoms with Crippen LogP contribution in [0, 0.1) is 18.3 Å². The molecule has 0 aliphatic rings. The fraction of sp³-hybridized carbons (Fsp3) is 0.556. The number of hydrogen-bond donors (Lipinski definition) is 1. The average Bonchev–Trinajstić information content (AvgIpc) is 2.74. The second-order valence-electron chi connectivity index (χ2n) is 6.83. The topological polar surface area (TPSA) is 25.2 Å². The molecule has 0 spiro atoms. The summed E-state index contributed by atoms with van der Waals surface area (Å²) in [5.41, 5.74) is 2.52. The van der Waals surface area contributed by atoms with E-state index in [1.54, 1.807) is 0 Å². The third kappa shape index (κ3) is 2.90. The van der Waals surface area contributed by atoms with Crippen LogP contribution in [-0.2, 0) is 0 Å². The minimum absolute atomic E-state index is 0.237. The van der Waals surface area contributed by atoms with E-state index < -0.39 is 0 Å². The molecule has 2 nitrogen and oxygen atoms in total. The Bertz CT molecular complexity index is 580. The maximum atomic E-state index is 6.02. The first-order valence-electron chi connectivity index (χ1n) is 7.54. The Hall–Kier alpha value is -1.28. The number of para-hydroxylation sites is 1. The van der Waals surface area contributed by atoms with Gasteiger partial charge in [0.25, 0.3) is 0 Å². The molecule has 1 heterocycles. The molecule has 0 saturated carbocycles. The van der Waals surface area contributed by atoms with E-state index in [9.17, 15) is 0 Å². The Labute approximate surface area is 122 Å². The molecule has 1 aromatic carbocycles. The monoisotopic (exact) mass is 273 g/mol. The largest absolute Gasteiger partial charge is 0.459 e. The van der Waals surface area contributed by atoms with E-state index in [1.807, 2.05) is 12.1 Å². The van der Waals surface area contributed by atoms with Crippen molar-refractivity contribution in [2.24, 2.45) is 11.3 Å². The molecule has 20 heavy (non-hydrogen) atoms. The van der Waals surface area contributed by atoms with Crippen molar-refractivity contribution in [3.05, 3.63) is 35.6 Å². The Morgan fingerprint density at radius 1 is 1.15 bits per heavy atom. The fourth-order valence-electron chi connectivity index (χ4n) is 2.32. The van der Waals surface area contributed by atoms with E-state index in [1.165, 1.54) is 10.9 Å². The minimum atomic E-state index is 0.237. The van der Waals surface area contributed by atoms with Crippen molar-refractivity contribution in [1.82, 2.24) is 5.32 Å². The Morgan fingerprint density at radius 3 is 2.40 bits per heavy atom. The molecule has 0 aliphatic heterocycles. The van der Waals surface area contributed by atoms with Gasteiger partial charge in [0.05, 0.1) is 6.04 Å². The van der Waals surface area contributed by atoms with Crippen LogP contribution >= 0.6 is 0 Å². The SMILES string of the molecule is Cc1c(C(C)NCC(C)(C)C(C)C)oc2ccccc12. The van der Waals surface area contributed by atoms with Crippen LogP contribution in [0.4, 0.5) is 0 Å². The highest BCUT2D eigenvalue weighted by atomic mass is 16.3. The van der Waals surface area contributed by atoms with E-state index in [4.69, 9.17) is 4.42 Å². The molecule has 0 bridgehead atoms. The molecular formula is C18H27NO. The molecule has 2 heteroatoms. The van der Waals surface area contributed by atoms with Crippen molar-refractivity contribution in [1.29, 1.82) is 0 Å². The Morgan fingerprint density at radius 2 is 1.80 bits per heavy atom. The molecule has 0 amide bonds.